The Kier molecular flexibility index (Phi) is 6.47. The maximum Gasteiger partial charge on any atom is 0.317 e. The summed E-state index contributed by atoms with van der Waals surface area (Å²) < 4.78 is 0. The monoisotopic (exact) mass is 255 g/mol. The second kappa shape index (κ2) is 7.62. The van der Waals surface area contributed by atoms with Crippen molar-refractivity contribution in [3.05, 3.63) is 0 Å². The van der Waals surface area contributed by atoms with E-state index in [2.05, 4.69) is 17.6 Å². The van der Waals surface area contributed by atoms with Crippen molar-refractivity contribution in [3.8, 4) is 0 Å². The molecule has 0 atom stereocenters. The summed E-state index contributed by atoms with van der Waals surface area (Å²) in [7, 11) is 1.92. The Labute approximate surface area is 111 Å². The van der Waals surface area contributed by atoms with Gasteiger partial charge in [-0.15, -0.1) is 0 Å². The Morgan fingerprint density at radius 2 is 1.89 bits per heavy atom. The normalized spacial score (nSPS) is 24.1. The topological polar surface area (TPSA) is 44.4 Å². The molecule has 1 saturated carbocycles. The molecule has 0 unspecified atom stereocenters. The number of nitrogens with one attached hydrogen (secondary N) is 2. The Bertz CT molecular complexity index is 247. The quantitative estimate of drug-likeness (QED) is 0.792. The van der Waals surface area contributed by atoms with E-state index < -0.39 is 0 Å². The summed E-state index contributed by atoms with van der Waals surface area (Å²) in [5, 5.41) is 6.53. The number of carbonyl (C=O) groups is 1. The van der Waals surface area contributed by atoms with Gasteiger partial charge in [0.25, 0.3) is 0 Å². The van der Waals surface area contributed by atoms with Gasteiger partial charge in [0.1, 0.15) is 0 Å². The molecule has 0 aromatic carbocycles. The molecule has 0 spiro atoms. The molecule has 1 fully saturated rings. The Balaban J connectivity index is 2.31. The molecule has 0 aromatic heterocycles. The molecule has 106 valence electrons. The standard InChI is InChI=1S/C14H29N3O/c1-5-10-15-12-6-8-13(9-7-12)17(4)14(18)16-11(2)3/h11-13,15H,5-10H2,1-4H3,(H,16,18). The number of rotatable bonds is 5. The van der Waals surface area contributed by atoms with Gasteiger partial charge in [-0.1, -0.05) is 6.92 Å². The molecule has 1 rings (SSSR count). The highest BCUT2D eigenvalue weighted by Crippen LogP contribution is 2.22. The molecule has 18 heavy (non-hydrogen) atoms. The molecule has 1 aliphatic rings. The summed E-state index contributed by atoms with van der Waals surface area (Å²) >= 11 is 0. The first-order valence-electron chi connectivity index (χ1n) is 7.31. The van der Waals surface area contributed by atoms with Crippen molar-refractivity contribution in [1.82, 2.24) is 15.5 Å². The minimum absolute atomic E-state index is 0.0648. The Morgan fingerprint density at radius 1 is 1.28 bits per heavy atom. The van der Waals surface area contributed by atoms with Crippen molar-refractivity contribution in [3.63, 3.8) is 0 Å². The fraction of sp³-hybridized carbons (Fsp3) is 0.929. The van der Waals surface area contributed by atoms with Crippen LogP contribution in [0.5, 0.6) is 0 Å². The number of hydrogen-bond acceptors (Lipinski definition) is 2. The minimum Gasteiger partial charge on any atom is -0.336 e. The van der Waals surface area contributed by atoms with Gasteiger partial charge in [0.05, 0.1) is 0 Å². The van der Waals surface area contributed by atoms with Crippen molar-refractivity contribution in [2.45, 2.75) is 71.0 Å². The molecule has 2 N–H and O–H groups in total. The van der Waals surface area contributed by atoms with Crippen LogP contribution in [-0.2, 0) is 0 Å². The van der Waals surface area contributed by atoms with Crippen molar-refractivity contribution in [1.29, 1.82) is 0 Å². The van der Waals surface area contributed by atoms with Gasteiger partial charge in [0, 0.05) is 25.2 Å². The maximum absolute atomic E-state index is 11.9. The van der Waals surface area contributed by atoms with E-state index in [1.807, 2.05) is 25.8 Å². The number of nitrogens with zero attached hydrogens (tertiary/aromatic N) is 1. The van der Waals surface area contributed by atoms with E-state index >= 15 is 0 Å². The molecular formula is C14H29N3O. The van der Waals surface area contributed by atoms with E-state index in [1.165, 1.54) is 19.3 Å². The molecule has 0 aliphatic heterocycles. The average molecular weight is 255 g/mol. The third-order valence-electron chi connectivity index (χ3n) is 3.66. The number of amides is 2. The van der Waals surface area contributed by atoms with Gasteiger partial charge in [-0.3, -0.25) is 0 Å². The minimum atomic E-state index is 0.0648. The molecule has 0 aromatic rings. The first-order valence-corrected chi connectivity index (χ1v) is 7.31. The zero-order valence-corrected chi connectivity index (χ0v) is 12.3. The largest absolute Gasteiger partial charge is 0.336 e. The predicted octanol–water partition coefficient (Wildman–Crippen LogP) is 2.35. The summed E-state index contributed by atoms with van der Waals surface area (Å²) in [6, 6.07) is 1.34. The van der Waals surface area contributed by atoms with Gasteiger partial charge in [-0.05, 0) is 52.5 Å². The van der Waals surface area contributed by atoms with Gasteiger partial charge >= 0.3 is 6.03 Å². The van der Waals surface area contributed by atoms with Gasteiger partial charge in [0.2, 0.25) is 0 Å². The highest BCUT2D eigenvalue weighted by molar-refractivity contribution is 5.74. The highest BCUT2D eigenvalue weighted by atomic mass is 16.2. The average Bonchev–Trinajstić information content (AvgIpc) is 2.35. The van der Waals surface area contributed by atoms with Crippen LogP contribution < -0.4 is 10.6 Å². The van der Waals surface area contributed by atoms with Crippen molar-refractivity contribution < 1.29 is 4.79 Å². The molecule has 0 bridgehead atoms. The second-order valence-electron chi connectivity index (χ2n) is 5.67. The lowest BCUT2D eigenvalue weighted by molar-refractivity contribution is 0.164. The van der Waals surface area contributed by atoms with E-state index in [9.17, 15) is 4.79 Å². The molecule has 4 heteroatoms. The lowest BCUT2D eigenvalue weighted by atomic mass is 9.90. The third-order valence-corrected chi connectivity index (χ3v) is 3.66. The first kappa shape index (κ1) is 15.3. The van der Waals surface area contributed by atoms with Gasteiger partial charge in [-0.2, -0.15) is 0 Å². The predicted molar refractivity (Wildman–Crippen MR) is 75.8 cm³/mol. The lowest BCUT2D eigenvalue weighted by Crippen LogP contribution is -2.48. The van der Waals surface area contributed by atoms with Crippen LogP contribution in [0.25, 0.3) is 0 Å². The van der Waals surface area contributed by atoms with Crippen molar-refractivity contribution in [2.24, 2.45) is 0 Å². The fourth-order valence-electron chi connectivity index (χ4n) is 2.53. The zero-order valence-electron chi connectivity index (χ0n) is 12.3. The van der Waals surface area contributed by atoms with Gasteiger partial charge in [-0.25, -0.2) is 4.79 Å². The second-order valence-corrected chi connectivity index (χ2v) is 5.67. The van der Waals surface area contributed by atoms with E-state index in [-0.39, 0.29) is 12.1 Å². The Hall–Kier alpha value is -0.770. The highest BCUT2D eigenvalue weighted by Gasteiger charge is 2.26. The number of carbonyl (C=O) groups excluding carboxylic acids is 1. The van der Waals surface area contributed by atoms with Crippen LogP contribution in [0, 0.1) is 0 Å². The summed E-state index contributed by atoms with van der Waals surface area (Å²) in [5.41, 5.74) is 0. The number of hydrogen-bond donors (Lipinski definition) is 2. The van der Waals surface area contributed by atoms with Gasteiger partial charge < -0.3 is 15.5 Å². The molecule has 2 amide bonds. The fourth-order valence-corrected chi connectivity index (χ4v) is 2.53. The molecular weight excluding hydrogens is 226 g/mol. The first-order chi connectivity index (χ1) is 8.54. The Morgan fingerprint density at radius 3 is 2.39 bits per heavy atom. The molecule has 4 nitrogen and oxygen atoms in total. The van der Waals surface area contributed by atoms with E-state index in [4.69, 9.17) is 0 Å². The van der Waals surface area contributed by atoms with Crippen LogP contribution in [0.4, 0.5) is 4.79 Å². The molecule has 1 aliphatic carbocycles. The summed E-state index contributed by atoms with van der Waals surface area (Å²) in [6.45, 7) is 7.30. The van der Waals surface area contributed by atoms with Crippen LogP contribution in [0.2, 0.25) is 0 Å². The van der Waals surface area contributed by atoms with Gasteiger partial charge in [0.15, 0.2) is 0 Å². The summed E-state index contributed by atoms with van der Waals surface area (Å²) in [4.78, 5) is 13.8. The third kappa shape index (κ3) is 4.84. The van der Waals surface area contributed by atoms with Crippen molar-refractivity contribution in [2.75, 3.05) is 13.6 Å². The van der Waals surface area contributed by atoms with Crippen LogP contribution >= 0.6 is 0 Å². The summed E-state index contributed by atoms with van der Waals surface area (Å²) in [5.74, 6) is 0. The van der Waals surface area contributed by atoms with Crippen LogP contribution in [0.1, 0.15) is 52.9 Å². The smallest absolute Gasteiger partial charge is 0.317 e. The van der Waals surface area contributed by atoms with Crippen LogP contribution in [0.15, 0.2) is 0 Å². The van der Waals surface area contributed by atoms with Crippen LogP contribution in [0.3, 0.4) is 0 Å². The van der Waals surface area contributed by atoms with E-state index in [0.717, 1.165) is 19.4 Å². The van der Waals surface area contributed by atoms with E-state index in [0.29, 0.717) is 12.1 Å². The lowest BCUT2D eigenvalue weighted by Gasteiger charge is -2.35. The number of urea groups is 1. The zero-order chi connectivity index (χ0) is 13.5. The van der Waals surface area contributed by atoms with Crippen LogP contribution in [-0.4, -0.2) is 42.6 Å². The molecule has 0 radical (unpaired) electrons. The van der Waals surface area contributed by atoms with Crippen molar-refractivity contribution >= 4 is 6.03 Å². The SMILES string of the molecule is CCCNC1CCC(N(C)C(=O)NC(C)C)CC1. The summed E-state index contributed by atoms with van der Waals surface area (Å²) in [6.07, 6.45) is 5.79. The maximum atomic E-state index is 11.9. The molecule has 0 heterocycles. The van der Waals surface area contributed by atoms with E-state index in [1.54, 1.807) is 0 Å². The molecule has 0 saturated heterocycles.